The van der Waals surface area contributed by atoms with E-state index < -0.39 is 36.8 Å². The van der Waals surface area contributed by atoms with E-state index in [0.29, 0.717) is 0 Å². The molecule has 1 aromatic heterocycles. The Morgan fingerprint density at radius 1 is 1.07 bits per heavy atom. The third-order valence-corrected chi connectivity index (χ3v) is 11.2. The van der Waals surface area contributed by atoms with Crippen LogP contribution in [-0.2, 0) is 21.0 Å². The Hall–Kier alpha value is -0.670. The molecule has 160 valence electrons. The molecule has 0 spiro atoms. The minimum absolute atomic E-state index is 0.0581. The maximum atomic E-state index is 12.6. The van der Waals surface area contributed by atoms with Gasteiger partial charge in [-0.05, 0) is 41.6 Å². The van der Waals surface area contributed by atoms with Gasteiger partial charge in [-0.25, -0.2) is 4.98 Å². The third-order valence-electron chi connectivity index (χ3n) is 5.58. The van der Waals surface area contributed by atoms with Gasteiger partial charge in [-0.2, -0.15) is 0 Å². The molecule has 10 nitrogen and oxygen atoms in total. The first-order valence-electron chi connectivity index (χ1n) is 8.65. The van der Waals surface area contributed by atoms with Crippen molar-refractivity contribution in [2.45, 2.75) is 63.7 Å². The van der Waals surface area contributed by atoms with E-state index in [9.17, 15) is 38.8 Å². The van der Waals surface area contributed by atoms with E-state index in [0.717, 1.165) is 6.20 Å². The lowest BCUT2D eigenvalue weighted by atomic mass is 9.70. The van der Waals surface area contributed by atoms with Gasteiger partial charge in [0.1, 0.15) is 10.8 Å². The lowest BCUT2D eigenvalue weighted by Crippen LogP contribution is -2.51. The standard InChI is InChI=1S/C15H25BrN2O8P2/c1-5-10-11(18(19)20)9-17-13(16)12(10)14(6-2,7-3)15(8-4,27(21,22)23)28(24,25)26/h9H,5-8H2,1-4H3,(H2,21,22,23)(H2,24,25,26). The summed E-state index contributed by atoms with van der Waals surface area (Å²) in [7, 11) is -10.8. The number of pyridine rings is 1. The maximum Gasteiger partial charge on any atom is 0.344 e. The predicted molar refractivity (Wildman–Crippen MR) is 107 cm³/mol. The van der Waals surface area contributed by atoms with E-state index in [1.165, 1.54) is 6.92 Å². The normalized spacial score (nSPS) is 13.6. The Balaban J connectivity index is 4.33. The molecule has 1 heterocycles. The molecule has 0 aliphatic rings. The molecule has 0 aliphatic heterocycles. The first kappa shape index (κ1) is 25.4. The average molecular weight is 503 g/mol. The molecule has 0 fully saturated rings. The van der Waals surface area contributed by atoms with E-state index in [-0.39, 0.29) is 40.7 Å². The minimum Gasteiger partial charge on any atom is -0.324 e. The topological polar surface area (TPSA) is 171 Å². The molecule has 0 radical (unpaired) electrons. The zero-order valence-corrected chi connectivity index (χ0v) is 19.4. The summed E-state index contributed by atoms with van der Waals surface area (Å²) in [5.41, 5.74) is -1.95. The van der Waals surface area contributed by atoms with Crippen LogP contribution in [0.25, 0.3) is 0 Å². The summed E-state index contributed by atoms with van der Waals surface area (Å²) in [5, 5.41) is 11.5. The van der Waals surface area contributed by atoms with Crippen LogP contribution in [0.2, 0.25) is 0 Å². The van der Waals surface area contributed by atoms with Crippen LogP contribution >= 0.6 is 31.1 Å². The van der Waals surface area contributed by atoms with Gasteiger partial charge in [0.25, 0.3) is 5.69 Å². The second-order valence-electron chi connectivity index (χ2n) is 6.45. The van der Waals surface area contributed by atoms with Crippen LogP contribution in [0.5, 0.6) is 0 Å². The molecule has 0 saturated carbocycles. The zero-order chi connectivity index (χ0) is 22.1. The number of halogens is 1. The summed E-state index contributed by atoms with van der Waals surface area (Å²) in [5.74, 6) is 0. The van der Waals surface area contributed by atoms with Crippen molar-refractivity contribution < 1.29 is 33.6 Å². The second-order valence-corrected chi connectivity index (χ2v) is 11.3. The van der Waals surface area contributed by atoms with Gasteiger partial charge in [0.2, 0.25) is 0 Å². The highest BCUT2D eigenvalue weighted by atomic mass is 79.9. The summed E-state index contributed by atoms with van der Waals surface area (Å²) < 4.78 is 25.3. The molecule has 0 aromatic carbocycles. The summed E-state index contributed by atoms with van der Waals surface area (Å²) in [6, 6.07) is 0. The van der Waals surface area contributed by atoms with Crippen molar-refractivity contribution in [3.8, 4) is 0 Å². The lowest BCUT2D eigenvalue weighted by Gasteiger charge is -2.50. The van der Waals surface area contributed by atoms with E-state index in [1.54, 1.807) is 20.8 Å². The SMILES string of the molecule is CCc1c([N+](=O)[O-])cnc(Br)c1C(CC)(CC)C(CC)(P(=O)(O)O)P(=O)(O)O. The highest BCUT2D eigenvalue weighted by Crippen LogP contribution is 2.78. The van der Waals surface area contributed by atoms with Crippen LogP contribution < -0.4 is 0 Å². The molecular formula is C15H25BrN2O8P2. The third kappa shape index (κ3) is 3.62. The maximum absolute atomic E-state index is 12.6. The number of nitro groups is 1. The Morgan fingerprint density at radius 3 is 1.82 bits per heavy atom. The second kappa shape index (κ2) is 8.60. The van der Waals surface area contributed by atoms with E-state index >= 15 is 0 Å². The summed E-state index contributed by atoms with van der Waals surface area (Å²) in [6.45, 7) is 6.01. The summed E-state index contributed by atoms with van der Waals surface area (Å²) in [4.78, 5) is 52.8. The highest BCUT2D eigenvalue weighted by Gasteiger charge is 2.70. The predicted octanol–water partition coefficient (Wildman–Crippen LogP) is 3.83. The monoisotopic (exact) mass is 502 g/mol. The number of hydrogen-bond donors (Lipinski definition) is 4. The minimum atomic E-state index is -5.42. The molecule has 1 aromatic rings. The van der Waals surface area contributed by atoms with Crippen LogP contribution in [0.4, 0.5) is 5.69 Å². The van der Waals surface area contributed by atoms with Gasteiger partial charge in [0, 0.05) is 16.5 Å². The van der Waals surface area contributed by atoms with Crippen molar-refractivity contribution in [1.29, 1.82) is 0 Å². The molecule has 1 rings (SSSR count). The highest BCUT2D eigenvalue weighted by molar-refractivity contribution is 9.10. The largest absolute Gasteiger partial charge is 0.344 e. The lowest BCUT2D eigenvalue weighted by molar-refractivity contribution is -0.386. The van der Waals surface area contributed by atoms with Crippen LogP contribution in [0.1, 0.15) is 58.1 Å². The van der Waals surface area contributed by atoms with Crippen LogP contribution in [0.3, 0.4) is 0 Å². The Morgan fingerprint density at radius 2 is 1.54 bits per heavy atom. The van der Waals surface area contributed by atoms with Crippen molar-refractivity contribution >= 4 is 36.8 Å². The Bertz CT molecular complexity index is 825. The molecule has 0 bridgehead atoms. The number of nitrogens with zero attached hydrogens (tertiary/aromatic N) is 2. The quantitative estimate of drug-likeness (QED) is 0.169. The molecule has 0 aliphatic carbocycles. The van der Waals surface area contributed by atoms with Gasteiger partial charge in [-0.1, -0.05) is 27.7 Å². The van der Waals surface area contributed by atoms with E-state index in [4.69, 9.17) is 0 Å². The van der Waals surface area contributed by atoms with Crippen molar-refractivity contribution in [3.63, 3.8) is 0 Å². The summed E-state index contributed by atoms with van der Waals surface area (Å²) in [6.07, 6.45) is 0.424. The average Bonchev–Trinajstić information content (AvgIpc) is 2.57. The van der Waals surface area contributed by atoms with Crippen molar-refractivity contribution in [1.82, 2.24) is 4.98 Å². The van der Waals surface area contributed by atoms with Gasteiger partial charge >= 0.3 is 15.2 Å². The zero-order valence-electron chi connectivity index (χ0n) is 16.0. The van der Waals surface area contributed by atoms with Gasteiger partial charge in [0.05, 0.1) is 4.92 Å². The first-order valence-corrected chi connectivity index (χ1v) is 12.7. The molecule has 13 heteroatoms. The molecule has 0 amide bonds. The first-order chi connectivity index (χ1) is 12.7. The van der Waals surface area contributed by atoms with Crippen LogP contribution in [0, 0.1) is 10.1 Å². The summed E-state index contributed by atoms with van der Waals surface area (Å²) >= 11 is 3.20. The fourth-order valence-electron chi connectivity index (χ4n) is 4.36. The molecule has 0 unspecified atom stereocenters. The number of hydrogen-bond acceptors (Lipinski definition) is 5. The fraction of sp³-hybridized carbons (Fsp3) is 0.667. The fourth-order valence-corrected chi connectivity index (χ4v) is 9.24. The van der Waals surface area contributed by atoms with Gasteiger partial charge in [0.15, 0.2) is 4.90 Å². The molecular weight excluding hydrogens is 478 g/mol. The van der Waals surface area contributed by atoms with Crippen LogP contribution in [-0.4, -0.2) is 34.4 Å². The van der Waals surface area contributed by atoms with Gasteiger partial charge < -0.3 is 19.6 Å². The van der Waals surface area contributed by atoms with Crippen molar-refractivity contribution in [2.24, 2.45) is 0 Å². The Kier molecular flexibility index (Phi) is 7.79. The molecule has 0 saturated heterocycles. The smallest absolute Gasteiger partial charge is 0.324 e. The Labute approximate surface area is 171 Å². The number of aromatic nitrogens is 1. The van der Waals surface area contributed by atoms with Gasteiger partial charge in [-0.15, -0.1) is 0 Å². The molecule has 28 heavy (non-hydrogen) atoms. The van der Waals surface area contributed by atoms with E-state index in [1.807, 2.05) is 0 Å². The van der Waals surface area contributed by atoms with Crippen LogP contribution in [0.15, 0.2) is 10.8 Å². The van der Waals surface area contributed by atoms with E-state index in [2.05, 4.69) is 20.9 Å². The van der Waals surface area contributed by atoms with Gasteiger partial charge in [-0.3, -0.25) is 19.2 Å². The van der Waals surface area contributed by atoms with Crippen molar-refractivity contribution in [2.75, 3.05) is 0 Å². The van der Waals surface area contributed by atoms with Crippen molar-refractivity contribution in [3.05, 3.63) is 32.0 Å². The molecule has 4 N–H and O–H groups in total. The number of rotatable bonds is 9. The molecule has 0 atom stereocenters.